The van der Waals surface area contributed by atoms with E-state index in [4.69, 9.17) is 10.5 Å². The molecule has 0 saturated heterocycles. The number of methoxy groups -OCH3 is 1. The van der Waals surface area contributed by atoms with Crippen LogP contribution in [0.2, 0.25) is 0 Å². The number of nitrogens with one attached hydrogen (secondary N) is 1. The topological polar surface area (TPSA) is 112 Å². The Hall–Kier alpha value is -3.40. The molecule has 0 spiro atoms. The van der Waals surface area contributed by atoms with Crippen molar-refractivity contribution in [2.24, 2.45) is 5.73 Å². The molecule has 134 valence electrons. The van der Waals surface area contributed by atoms with Gasteiger partial charge in [0, 0.05) is 25.1 Å². The molecule has 0 atom stereocenters. The normalized spacial score (nSPS) is 10.9. The minimum atomic E-state index is -1.10. The molecule has 0 aliphatic carbocycles. The largest absolute Gasteiger partial charge is 0.378 e. The van der Waals surface area contributed by atoms with Crippen LogP contribution in [0.5, 0.6) is 0 Å². The number of primary amides is 1. The number of ether oxygens (including phenoxy) is 1. The molecule has 3 rings (SSSR count). The van der Waals surface area contributed by atoms with E-state index in [0.717, 1.165) is 16.6 Å². The highest BCUT2D eigenvalue weighted by molar-refractivity contribution is 6.05. The van der Waals surface area contributed by atoms with Crippen molar-refractivity contribution in [1.82, 2.24) is 14.6 Å². The number of aromatic nitrogens is 3. The lowest BCUT2D eigenvalue weighted by Crippen LogP contribution is -2.17. The van der Waals surface area contributed by atoms with Crippen LogP contribution in [-0.2, 0) is 11.3 Å². The van der Waals surface area contributed by atoms with Crippen LogP contribution in [0.1, 0.15) is 26.5 Å². The number of nitrogens with zero attached hydrogens (tertiary/aromatic N) is 3. The van der Waals surface area contributed by atoms with Crippen molar-refractivity contribution < 1.29 is 23.1 Å². The summed E-state index contributed by atoms with van der Waals surface area (Å²) in [6, 6.07) is 4.31. The van der Waals surface area contributed by atoms with Crippen molar-refractivity contribution >= 4 is 23.1 Å². The SMILES string of the molecule is COCc1nn2c(C(=O)Nc3ccc(F)c(F)c3)ccnc2c1C(N)=O. The fraction of sp³-hybridized carbons (Fsp3) is 0.125. The Labute approximate surface area is 145 Å². The highest BCUT2D eigenvalue weighted by atomic mass is 19.2. The molecule has 0 unspecified atom stereocenters. The van der Waals surface area contributed by atoms with Crippen LogP contribution in [-0.4, -0.2) is 33.5 Å². The molecular weight excluding hydrogens is 348 g/mol. The van der Waals surface area contributed by atoms with Crippen molar-refractivity contribution in [3.8, 4) is 0 Å². The van der Waals surface area contributed by atoms with Crippen molar-refractivity contribution in [3.63, 3.8) is 0 Å². The predicted octanol–water partition coefficient (Wildman–Crippen LogP) is 1.51. The van der Waals surface area contributed by atoms with Gasteiger partial charge in [0.25, 0.3) is 11.8 Å². The number of carbonyl (C=O) groups is 2. The van der Waals surface area contributed by atoms with Gasteiger partial charge in [-0.3, -0.25) is 9.59 Å². The summed E-state index contributed by atoms with van der Waals surface area (Å²) in [5.74, 6) is -3.56. The molecule has 26 heavy (non-hydrogen) atoms. The van der Waals surface area contributed by atoms with E-state index >= 15 is 0 Å². The number of anilines is 1. The third-order valence-corrected chi connectivity index (χ3v) is 3.53. The van der Waals surface area contributed by atoms with Gasteiger partial charge >= 0.3 is 0 Å². The monoisotopic (exact) mass is 361 g/mol. The molecule has 0 bridgehead atoms. The second kappa shape index (κ2) is 6.84. The second-order valence-electron chi connectivity index (χ2n) is 5.27. The summed E-state index contributed by atoms with van der Waals surface area (Å²) in [6.45, 7) is -0.00807. The van der Waals surface area contributed by atoms with Gasteiger partial charge in [0.2, 0.25) is 0 Å². The Bertz CT molecular complexity index is 1020. The van der Waals surface area contributed by atoms with Crippen LogP contribution < -0.4 is 11.1 Å². The second-order valence-corrected chi connectivity index (χ2v) is 5.27. The summed E-state index contributed by atoms with van der Waals surface area (Å²) in [5, 5.41) is 6.58. The van der Waals surface area contributed by atoms with E-state index in [9.17, 15) is 18.4 Å². The standard InChI is InChI=1S/C16H13F2N5O3/c1-26-7-11-13(14(19)24)15-20-5-4-12(23(15)22-11)16(25)21-8-2-3-9(17)10(18)6-8/h2-6H,7H2,1H3,(H2,19,24)(H,21,25). The number of fused-ring (bicyclic) bond motifs is 1. The van der Waals surface area contributed by atoms with E-state index < -0.39 is 23.4 Å². The Morgan fingerprint density at radius 2 is 2.04 bits per heavy atom. The smallest absolute Gasteiger partial charge is 0.274 e. The van der Waals surface area contributed by atoms with Crippen molar-refractivity contribution in [2.75, 3.05) is 12.4 Å². The number of carbonyl (C=O) groups excluding carboxylic acids is 2. The van der Waals surface area contributed by atoms with Crippen LogP contribution in [0, 0.1) is 11.6 Å². The maximum absolute atomic E-state index is 13.3. The number of benzene rings is 1. The summed E-state index contributed by atoms with van der Waals surface area (Å²) in [5.41, 5.74) is 5.79. The average molecular weight is 361 g/mol. The Kier molecular flexibility index (Phi) is 4.59. The van der Waals surface area contributed by atoms with Crippen LogP contribution >= 0.6 is 0 Å². The van der Waals surface area contributed by atoms with E-state index in [1.807, 2.05) is 0 Å². The summed E-state index contributed by atoms with van der Waals surface area (Å²) < 4.78 is 32.4. The molecule has 0 aliphatic rings. The number of hydrogen-bond acceptors (Lipinski definition) is 5. The first-order valence-electron chi connectivity index (χ1n) is 7.34. The van der Waals surface area contributed by atoms with Crippen molar-refractivity contribution in [1.29, 1.82) is 0 Å². The first-order chi connectivity index (χ1) is 12.4. The lowest BCUT2D eigenvalue weighted by Gasteiger charge is -2.07. The molecule has 10 heteroatoms. The maximum atomic E-state index is 13.3. The minimum absolute atomic E-state index is 0.00807. The minimum Gasteiger partial charge on any atom is -0.378 e. The number of amides is 2. The molecule has 8 nitrogen and oxygen atoms in total. The highest BCUT2D eigenvalue weighted by Crippen LogP contribution is 2.18. The molecule has 0 fully saturated rings. The van der Waals surface area contributed by atoms with Crippen LogP contribution in [0.3, 0.4) is 0 Å². The molecule has 0 radical (unpaired) electrons. The molecule has 3 aromatic rings. The molecule has 0 aliphatic heterocycles. The molecule has 1 aromatic carbocycles. The summed E-state index contributed by atoms with van der Waals surface area (Å²) in [4.78, 5) is 28.3. The lowest BCUT2D eigenvalue weighted by molar-refractivity contribution is 0.0993. The van der Waals surface area contributed by atoms with Crippen LogP contribution in [0.25, 0.3) is 5.65 Å². The summed E-state index contributed by atoms with van der Waals surface area (Å²) in [7, 11) is 1.42. The molecular formula is C16H13F2N5O3. The Morgan fingerprint density at radius 3 is 2.69 bits per heavy atom. The maximum Gasteiger partial charge on any atom is 0.274 e. The number of nitrogens with two attached hydrogens (primary N) is 1. The van der Waals surface area contributed by atoms with Gasteiger partial charge in [-0.05, 0) is 18.2 Å². The quantitative estimate of drug-likeness (QED) is 0.715. The van der Waals surface area contributed by atoms with E-state index in [1.54, 1.807) is 0 Å². The molecule has 2 heterocycles. The third kappa shape index (κ3) is 3.09. The first kappa shape index (κ1) is 17.4. The van der Waals surface area contributed by atoms with Gasteiger partial charge in [0.05, 0.1) is 6.61 Å². The molecule has 2 amide bonds. The third-order valence-electron chi connectivity index (χ3n) is 3.53. The molecule has 3 N–H and O–H groups in total. The summed E-state index contributed by atoms with van der Waals surface area (Å²) >= 11 is 0. The van der Waals surface area contributed by atoms with Gasteiger partial charge in [0.1, 0.15) is 17.0 Å². The molecule has 2 aromatic heterocycles. The lowest BCUT2D eigenvalue weighted by atomic mass is 10.2. The van der Waals surface area contributed by atoms with Gasteiger partial charge in [-0.25, -0.2) is 18.3 Å². The zero-order valence-electron chi connectivity index (χ0n) is 13.5. The van der Waals surface area contributed by atoms with Crippen LogP contribution in [0.4, 0.5) is 14.5 Å². The van der Waals surface area contributed by atoms with Crippen molar-refractivity contribution in [2.45, 2.75) is 6.61 Å². The zero-order valence-corrected chi connectivity index (χ0v) is 13.5. The number of hydrogen-bond donors (Lipinski definition) is 2. The van der Waals surface area contributed by atoms with E-state index in [-0.39, 0.29) is 34.9 Å². The van der Waals surface area contributed by atoms with Crippen molar-refractivity contribution in [3.05, 3.63) is 59.0 Å². The molecule has 0 saturated carbocycles. The van der Waals surface area contributed by atoms with Gasteiger partial charge in [0.15, 0.2) is 17.3 Å². The Morgan fingerprint density at radius 1 is 1.27 bits per heavy atom. The fourth-order valence-electron chi connectivity index (χ4n) is 2.42. The fourth-order valence-corrected chi connectivity index (χ4v) is 2.42. The van der Waals surface area contributed by atoms with E-state index in [2.05, 4.69) is 15.4 Å². The van der Waals surface area contributed by atoms with Gasteiger partial charge in [-0.15, -0.1) is 0 Å². The summed E-state index contributed by atoms with van der Waals surface area (Å²) in [6.07, 6.45) is 1.31. The zero-order chi connectivity index (χ0) is 18.8. The number of halogens is 2. The number of rotatable bonds is 5. The highest BCUT2D eigenvalue weighted by Gasteiger charge is 2.22. The van der Waals surface area contributed by atoms with Gasteiger partial charge in [-0.2, -0.15) is 5.10 Å². The first-order valence-corrected chi connectivity index (χ1v) is 7.34. The average Bonchev–Trinajstić information content (AvgIpc) is 2.96. The van der Waals surface area contributed by atoms with Crippen LogP contribution in [0.15, 0.2) is 30.5 Å². The van der Waals surface area contributed by atoms with E-state index in [0.29, 0.717) is 0 Å². The van der Waals surface area contributed by atoms with E-state index in [1.165, 1.54) is 25.4 Å². The van der Waals surface area contributed by atoms with Gasteiger partial charge in [-0.1, -0.05) is 0 Å². The van der Waals surface area contributed by atoms with Gasteiger partial charge < -0.3 is 15.8 Å². The predicted molar refractivity (Wildman–Crippen MR) is 86.5 cm³/mol. The Balaban J connectivity index is 2.04.